The summed E-state index contributed by atoms with van der Waals surface area (Å²) in [4.78, 5) is 0. The largest absolute Gasteiger partial charge is 0.377 e. The number of ether oxygens (including phenoxy) is 1. The molecule has 0 amide bonds. The van der Waals surface area contributed by atoms with E-state index in [1.165, 1.54) is 0 Å². The van der Waals surface area contributed by atoms with Crippen LogP contribution in [0.15, 0.2) is 25.1 Å². The van der Waals surface area contributed by atoms with E-state index < -0.39 is 0 Å². The van der Waals surface area contributed by atoms with Crippen LogP contribution in [0.2, 0.25) is 0 Å². The minimum Gasteiger partial charge on any atom is -0.377 e. The molecule has 0 saturated carbocycles. The van der Waals surface area contributed by atoms with Crippen molar-refractivity contribution in [3.05, 3.63) is 25.1 Å². The van der Waals surface area contributed by atoms with E-state index in [4.69, 9.17) is 4.74 Å². The molecule has 0 aromatic heterocycles. The standard InChI is InChI=1S/C9H15FO/c1-5-9(11-4)6-7(2)8(3)10/h5,7,9H,1,3,6H2,2,4H3. The Labute approximate surface area is 67.6 Å². The fourth-order valence-electron chi connectivity index (χ4n) is 0.765. The van der Waals surface area contributed by atoms with Crippen molar-refractivity contribution in [2.24, 2.45) is 5.92 Å². The van der Waals surface area contributed by atoms with Crippen molar-refractivity contribution in [2.45, 2.75) is 19.4 Å². The number of hydrogen-bond donors (Lipinski definition) is 0. The summed E-state index contributed by atoms with van der Waals surface area (Å²) in [5.74, 6) is -0.452. The zero-order chi connectivity index (χ0) is 8.85. The Morgan fingerprint density at radius 2 is 2.27 bits per heavy atom. The molecule has 0 aliphatic rings. The highest BCUT2D eigenvalue weighted by atomic mass is 19.1. The summed E-state index contributed by atoms with van der Waals surface area (Å²) in [5, 5.41) is 0. The van der Waals surface area contributed by atoms with Crippen LogP contribution < -0.4 is 0 Å². The van der Waals surface area contributed by atoms with Crippen LogP contribution >= 0.6 is 0 Å². The van der Waals surface area contributed by atoms with Gasteiger partial charge in [-0.1, -0.05) is 19.6 Å². The molecule has 0 N–H and O–H groups in total. The van der Waals surface area contributed by atoms with E-state index >= 15 is 0 Å². The lowest BCUT2D eigenvalue weighted by molar-refractivity contribution is 0.121. The molecule has 0 rings (SSSR count). The van der Waals surface area contributed by atoms with Gasteiger partial charge in [0.25, 0.3) is 0 Å². The number of rotatable bonds is 5. The zero-order valence-corrected chi connectivity index (χ0v) is 7.14. The third-order valence-electron chi connectivity index (χ3n) is 1.69. The number of halogens is 1. The fraction of sp³-hybridized carbons (Fsp3) is 0.556. The van der Waals surface area contributed by atoms with Crippen LogP contribution in [0.4, 0.5) is 4.39 Å². The van der Waals surface area contributed by atoms with Crippen molar-refractivity contribution < 1.29 is 9.13 Å². The second-order valence-corrected chi connectivity index (χ2v) is 2.59. The van der Waals surface area contributed by atoms with Crippen molar-refractivity contribution >= 4 is 0 Å². The van der Waals surface area contributed by atoms with Gasteiger partial charge in [0.1, 0.15) is 0 Å². The third kappa shape index (κ3) is 3.94. The third-order valence-corrected chi connectivity index (χ3v) is 1.69. The molecule has 1 nitrogen and oxygen atoms in total. The zero-order valence-electron chi connectivity index (χ0n) is 7.14. The van der Waals surface area contributed by atoms with Crippen LogP contribution in [-0.2, 0) is 4.74 Å². The van der Waals surface area contributed by atoms with E-state index in [2.05, 4.69) is 13.2 Å². The molecule has 0 aliphatic carbocycles. The fourth-order valence-corrected chi connectivity index (χ4v) is 0.765. The van der Waals surface area contributed by atoms with Gasteiger partial charge in [0.2, 0.25) is 0 Å². The topological polar surface area (TPSA) is 9.23 Å². The first kappa shape index (κ1) is 10.4. The summed E-state index contributed by atoms with van der Waals surface area (Å²) in [5.41, 5.74) is 0. The first-order valence-electron chi connectivity index (χ1n) is 3.61. The molecule has 0 aromatic rings. The Hall–Kier alpha value is -0.630. The molecule has 0 radical (unpaired) electrons. The van der Waals surface area contributed by atoms with Crippen LogP contribution in [0.1, 0.15) is 13.3 Å². The maximum absolute atomic E-state index is 12.4. The quantitative estimate of drug-likeness (QED) is 0.559. The van der Waals surface area contributed by atoms with Crippen molar-refractivity contribution in [3.8, 4) is 0 Å². The van der Waals surface area contributed by atoms with E-state index in [-0.39, 0.29) is 17.8 Å². The van der Waals surface area contributed by atoms with E-state index in [0.717, 1.165) is 0 Å². The van der Waals surface area contributed by atoms with Gasteiger partial charge in [-0.3, -0.25) is 0 Å². The number of allylic oxidation sites excluding steroid dienone is 1. The smallest absolute Gasteiger partial charge is 0.0957 e. The molecular weight excluding hydrogens is 143 g/mol. The molecule has 2 atom stereocenters. The second-order valence-electron chi connectivity index (χ2n) is 2.59. The van der Waals surface area contributed by atoms with Crippen LogP contribution in [0, 0.1) is 5.92 Å². The molecular formula is C9H15FO. The van der Waals surface area contributed by atoms with Crippen LogP contribution in [0.5, 0.6) is 0 Å². The van der Waals surface area contributed by atoms with Gasteiger partial charge in [0.15, 0.2) is 0 Å². The normalized spacial score (nSPS) is 15.5. The summed E-state index contributed by atoms with van der Waals surface area (Å²) in [6.45, 7) is 8.56. The molecule has 0 saturated heterocycles. The SMILES string of the molecule is C=CC(CC(C)C(=C)F)OC. The molecule has 0 fully saturated rings. The van der Waals surface area contributed by atoms with Crippen molar-refractivity contribution in [3.63, 3.8) is 0 Å². The molecule has 0 aliphatic heterocycles. The highest BCUT2D eigenvalue weighted by Gasteiger charge is 2.11. The van der Waals surface area contributed by atoms with Crippen LogP contribution in [-0.4, -0.2) is 13.2 Å². The van der Waals surface area contributed by atoms with Gasteiger partial charge in [-0.25, -0.2) is 4.39 Å². The Kier molecular flexibility index (Phi) is 4.79. The van der Waals surface area contributed by atoms with Gasteiger partial charge in [0.05, 0.1) is 11.9 Å². The molecule has 64 valence electrons. The summed E-state index contributed by atoms with van der Waals surface area (Å²) in [7, 11) is 1.58. The maximum atomic E-state index is 12.4. The molecule has 0 aromatic carbocycles. The van der Waals surface area contributed by atoms with Gasteiger partial charge >= 0.3 is 0 Å². The van der Waals surface area contributed by atoms with E-state index in [1.807, 2.05) is 0 Å². The average molecular weight is 158 g/mol. The van der Waals surface area contributed by atoms with Gasteiger partial charge < -0.3 is 4.74 Å². The maximum Gasteiger partial charge on any atom is 0.0957 e. The molecule has 2 unspecified atom stereocenters. The lowest BCUT2D eigenvalue weighted by Crippen LogP contribution is -2.11. The summed E-state index contributed by atoms with van der Waals surface area (Å²) >= 11 is 0. The van der Waals surface area contributed by atoms with E-state index in [0.29, 0.717) is 6.42 Å². The van der Waals surface area contributed by atoms with Crippen molar-refractivity contribution in [2.75, 3.05) is 7.11 Å². The Morgan fingerprint density at radius 3 is 2.55 bits per heavy atom. The predicted molar refractivity (Wildman–Crippen MR) is 45.0 cm³/mol. The Bertz CT molecular complexity index is 142. The average Bonchev–Trinajstić information content (AvgIpc) is 1.99. The van der Waals surface area contributed by atoms with E-state index in [9.17, 15) is 4.39 Å². The second kappa shape index (κ2) is 5.08. The summed E-state index contributed by atoms with van der Waals surface area (Å²) < 4.78 is 17.4. The van der Waals surface area contributed by atoms with Crippen molar-refractivity contribution in [1.29, 1.82) is 0 Å². The monoisotopic (exact) mass is 158 g/mol. The van der Waals surface area contributed by atoms with Crippen LogP contribution in [0.3, 0.4) is 0 Å². The molecule has 0 spiro atoms. The van der Waals surface area contributed by atoms with Crippen molar-refractivity contribution in [1.82, 2.24) is 0 Å². The minimum absolute atomic E-state index is 0.0718. The first-order valence-corrected chi connectivity index (χ1v) is 3.61. The van der Waals surface area contributed by atoms with Crippen LogP contribution in [0.25, 0.3) is 0 Å². The van der Waals surface area contributed by atoms with Gasteiger partial charge in [-0.2, -0.15) is 0 Å². The number of methoxy groups -OCH3 is 1. The van der Waals surface area contributed by atoms with Gasteiger partial charge in [-0.15, -0.1) is 6.58 Å². The Morgan fingerprint density at radius 1 is 1.73 bits per heavy atom. The lowest BCUT2D eigenvalue weighted by Gasteiger charge is -2.14. The highest BCUT2D eigenvalue weighted by molar-refractivity contribution is 4.91. The Balaban J connectivity index is 3.80. The molecule has 11 heavy (non-hydrogen) atoms. The molecule has 0 heterocycles. The van der Waals surface area contributed by atoms with Gasteiger partial charge in [-0.05, 0) is 6.42 Å². The first-order chi connectivity index (χ1) is 5.11. The van der Waals surface area contributed by atoms with E-state index in [1.54, 1.807) is 20.1 Å². The molecule has 0 bridgehead atoms. The minimum atomic E-state index is -0.297. The predicted octanol–water partition coefficient (Wildman–Crippen LogP) is 2.70. The summed E-state index contributed by atoms with van der Waals surface area (Å²) in [6.07, 6.45) is 2.20. The lowest BCUT2D eigenvalue weighted by atomic mass is 10.0. The van der Waals surface area contributed by atoms with Gasteiger partial charge in [0, 0.05) is 13.0 Å². The molecule has 2 heteroatoms. The number of hydrogen-bond acceptors (Lipinski definition) is 1. The summed E-state index contributed by atoms with van der Waals surface area (Å²) in [6, 6.07) is 0. The highest BCUT2D eigenvalue weighted by Crippen LogP contribution is 2.17.